The minimum absolute atomic E-state index is 0.228. The summed E-state index contributed by atoms with van der Waals surface area (Å²) in [6.07, 6.45) is 6.06. The van der Waals surface area contributed by atoms with E-state index in [1.54, 1.807) is 18.4 Å². The Morgan fingerprint density at radius 3 is 3.08 bits per heavy atom. The third kappa shape index (κ3) is 3.48. The van der Waals surface area contributed by atoms with Crippen LogP contribution in [0.3, 0.4) is 0 Å². The van der Waals surface area contributed by atoms with Crippen LogP contribution in [0.4, 0.5) is 11.8 Å². The molecule has 0 unspecified atom stereocenters. The molecule has 9 heteroatoms. The Bertz CT molecular complexity index is 864. The van der Waals surface area contributed by atoms with Crippen molar-refractivity contribution < 1.29 is 4.74 Å². The second-order valence-corrected chi connectivity index (χ2v) is 7.02. The van der Waals surface area contributed by atoms with Crippen molar-refractivity contribution >= 4 is 23.1 Å². The van der Waals surface area contributed by atoms with E-state index in [9.17, 15) is 0 Å². The zero-order valence-electron chi connectivity index (χ0n) is 14.6. The van der Waals surface area contributed by atoms with Crippen LogP contribution in [0.25, 0.3) is 0 Å². The maximum atomic E-state index is 5.82. The monoisotopic (exact) mass is 371 g/mol. The van der Waals surface area contributed by atoms with Crippen LogP contribution in [0.1, 0.15) is 30.3 Å². The van der Waals surface area contributed by atoms with Gasteiger partial charge in [-0.1, -0.05) is 0 Å². The molecule has 1 aliphatic rings. The standard InChI is InChI=1S/C17H21N7OS/c1-25-15-7-14(21-17(18)22-15)23-5-2-3-12(8-23)16-19-4-6-24(16)9-13-10-26-11-20-13/h4,6-7,10-12H,2-3,5,8-9H2,1H3,(H2,18,21,22)/t12-/m0/s1. The van der Waals surface area contributed by atoms with Crippen molar-refractivity contribution in [3.63, 3.8) is 0 Å². The SMILES string of the molecule is COc1cc(N2CCC[C@H](c3nccn3Cc3cscn3)C2)nc(N)n1. The highest BCUT2D eigenvalue weighted by Crippen LogP contribution is 2.30. The van der Waals surface area contributed by atoms with Gasteiger partial charge in [0.2, 0.25) is 11.8 Å². The Kier molecular flexibility index (Phi) is 4.70. The van der Waals surface area contributed by atoms with E-state index in [1.165, 1.54) is 0 Å². The van der Waals surface area contributed by atoms with Crippen molar-refractivity contribution in [1.29, 1.82) is 0 Å². The van der Waals surface area contributed by atoms with Gasteiger partial charge in [0.25, 0.3) is 0 Å². The smallest absolute Gasteiger partial charge is 0.225 e. The number of nitrogens with zero attached hydrogens (tertiary/aromatic N) is 6. The zero-order chi connectivity index (χ0) is 17.9. The molecule has 8 nitrogen and oxygen atoms in total. The molecule has 4 heterocycles. The molecule has 3 aromatic heterocycles. The van der Waals surface area contributed by atoms with E-state index in [0.717, 1.165) is 49.8 Å². The second kappa shape index (κ2) is 7.28. The molecule has 4 rings (SSSR count). The Morgan fingerprint density at radius 1 is 1.35 bits per heavy atom. The van der Waals surface area contributed by atoms with Crippen LogP contribution in [0.15, 0.2) is 29.4 Å². The number of methoxy groups -OCH3 is 1. The highest BCUT2D eigenvalue weighted by molar-refractivity contribution is 7.07. The Hall–Kier alpha value is -2.68. The fraction of sp³-hybridized carbons (Fsp3) is 0.412. The van der Waals surface area contributed by atoms with Crippen LogP contribution < -0.4 is 15.4 Å². The third-order valence-corrected chi connectivity index (χ3v) is 5.22. The van der Waals surface area contributed by atoms with Crippen molar-refractivity contribution in [3.8, 4) is 5.88 Å². The summed E-state index contributed by atoms with van der Waals surface area (Å²) in [5, 5.41) is 2.08. The van der Waals surface area contributed by atoms with Crippen molar-refractivity contribution in [3.05, 3.63) is 40.9 Å². The van der Waals surface area contributed by atoms with E-state index in [-0.39, 0.29) is 5.95 Å². The summed E-state index contributed by atoms with van der Waals surface area (Å²) in [5.41, 5.74) is 8.75. The summed E-state index contributed by atoms with van der Waals surface area (Å²) in [5.74, 6) is 2.94. The van der Waals surface area contributed by atoms with Crippen LogP contribution >= 0.6 is 11.3 Å². The number of piperidine rings is 1. The molecular formula is C17H21N7OS. The molecule has 1 saturated heterocycles. The summed E-state index contributed by atoms with van der Waals surface area (Å²) < 4.78 is 7.42. The summed E-state index contributed by atoms with van der Waals surface area (Å²) in [4.78, 5) is 19.7. The number of nitrogen functional groups attached to an aromatic ring is 1. The molecule has 136 valence electrons. The Labute approximate surface area is 155 Å². The van der Waals surface area contributed by atoms with Crippen molar-refractivity contribution in [2.24, 2.45) is 0 Å². The van der Waals surface area contributed by atoms with Gasteiger partial charge >= 0.3 is 0 Å². The first kappa shape index (κ1) is 16.8. The minimum atomic E-state index is 0.228. The third-order valence-electron chi connectivity index (χ3n) is 4.59. The Balaban J connectivity index is 1.54. The molecule has 0 saturated carbocycles. The van der Waals surface area contributed by atoms with Crippen LogP contribution in [0.5, 0.6) is 5.88 Å². The summed E-state index contributed by atoms with van der Waals surface area (Å²) in [6, 6.07) is 1.83. The number of anilines is 2. The van der Waals surface area contributed by atoms with E-state index < -0.39 is 0 Å². The maximum absolute atomic E-state index is 5.82. The number of nitrogens with two attached hydrogens (primary N) is 1. The van der Waals surface area contributed by atoms with E-state index in [1.807, 2.05) is 24.0 Å². The zero-order valence-corrected chi connectivity index (χ0v) is 15.4. The van der Waals surface area contributed by atoms with Crippen molar-refractivity contribution in [1.82, 2.24) is 24.5 Å². The fourth-order valence-electron chi connectivity index (χ4n) is 3.40. The first-order chi connectivity index (χ1) is 12.7. The quantitative estimate of drug-likeness (QED) is 0.734. The predicted molar refractivity (Wildman–Crippen MR) is 101 cm³/mol. The lowest BCUT2D eigenvalue weighted by molar-refractivity contribution is 0.397. The average Bonchev–Trinajstić information content (AvgIpc) is 3.34. The highest BCUT2D eigenvalue weighted by atomic mass is 32.1. The molecule has 3 aromatic rings. The van der Waals surface area contributed by atoms with Gasteiger partial charge in [-0.15, -0.1) is 11.3 Å². The number of thiazole rings is 1. The molecule has 0 bridgehead atoms. The minimum Gasteiger partial charge on any atom is -0.481 e. The van der Waals surface area contributed by atoms with Gasteiger partial charge in [-0.2, -0.15) is 9.97 Å². The van der Waals surface area contributed by atoms with Gasteiger partial charge < -0.3 is 19.9 Å². The second-order valence-electron chi connectivity index (χ2n) is 6.30. The molecular weight excluding hydrogens is 350 g/mol. The van der Waals surface area contributed by atoms with Crippen molar-refractivity contribution in [2.45, 2.75) is 25.3 Å². The van der Waals surface area contributed by atoms with Gasteiger partial charge in [-0.05, 0) is 12.8 Å². The van der Waals surface area contributed by atoms with Gasteiger partial charge in [0.1, 0.15) is 11.6 Å². The van der Waals surface area contributed by atoms with E-state index in [2.05, 4.69) is 34.8 Å². The lowest BCUT2D eigenvalue weighted by Crippen LogP contribution is -2.36. The fourth-order valence-corrected chi connectivity index (χ4v) is 3.95. The lowest BCUT2D eigenvalue weighted by atomic mass is 9.97. The number of imidazole rings is 1. The molecule has 2 N–H and O–H groups in total. The molecule has 1 aliphatic heterocycles. The number of ether oxygens (including phenoxy) is 1. The van der Waals surface area contributed by atoms with Crippen molar-refractivity contribution in [2.75, 3.05) is 30.8 Å². The number of rotatable bonds is 5. The topological polar surface area (TPSA) is 95.0 Å². The number of hydrogen-bond acceptors (Lipinski definition) is 8. The molecule has 1 fully saturated rings. The first-order valence-corrected chi connectivity index (χ1v) is 9.49. The van der Waals surface area contributed by atoms with E-state index in [0.29, 0.717) is 11.8 Å². The molecule has 0 amide bonds. The molecule has 0 aliphatic carbocycles. The Morgan fingerprint density at radius 2 is 2.27 bits per heavy atom. The van der Waals surface area contributed by atoms with Crippen LogP contribution in [-0.2, 0) is 6.54 Å². The normalized spacial score (nSPS) is 17.4. The number of hydrogen-bond donors (Lipinski definition) is 1. The molecule has 0 radical (unpaired) electrons. The summed E-state index contributed by atoms with van der Waals surface area (Å²) >= 11 is 1.61. The largest absolute Gasteiger partial charge is 0.481 e. The van der Waals surface area contributed by atoms with Gasteiger partial charge in [0, 0.05) is 42.8 Å². The van der Waals surface area contributed by atoms with Gasteiger partial charge in [-0.25, -0.2) is 9.97 Å². The predicted octanol–water partition coefficient (Wildman–Crippen LogP) is 2.15. The molecule has 0 spiro atoms. The van der Waals surface area contributed by atoms with Crippen LogP contribution in [0.2, 0.25) is 0 Å². The number of aromatic nitrogens is 5. The molecule has 1 atom stereocenters. The van der Waals surface area contributed by atoms with Crippen LogP contribution in [-0.4, -0.2) is 44.7 Å². The van der Waals surface area contributed by atoms with Gasteiger partial charge in [0.05, 0.1) is 24.9 Å². The highest BCUT2D eigenvalue weighted by Gasteiger charge is 2.26. The summed E-state index contributed by atoms with van der Waals surface area (Å²) in [6.45, 7) is 2.53. The van der Waals surface area contributed by atoms with Gasteiger partial charge in [-0.3, -0.25) is 0 Å². The summed E-state index contributed by atoms with van der Waals surface area (Å²) in [7, 11) is 1.58. The maximum Gasteiger partial charge on any atom is 0.225 e. The molecule has 26 heavy (non-hydrogen) atoms. The van der Waals surface area contributed by atoms with E-state index >= 15 is 0 Å². The van der Waals surface area contributed by atoms with Gasteiger partial charge in [0.15, 0.2) is 0 Å². The van der Waals surface area contributed by atoms with E-state index in [4.69, 9.17) is 10.5 Å². The lowest BCUT2D eigenvalue weighted by Gasteiger charge is -2.33. The molecule has 0 aromatic carbocycles. The van der Waals surface area contributed by atoms with Crippen LogP contribution in [0, 0.1) is 0 Å². The average molecular weight is 371 g/mol. The first-order valence-electron chi connectivity index (χ1n) is 8.54.